The average molecular weight is 196 g/mol. The van der Waals surface area contributed by atoms with Gasteiger partial charge in [-0.05, 0) is 31.1 Å². The van der Waals surface area contributed by atoms with Crippen LogP contribution in [0.25, 0.3) is 0 Å². The molecule has 2 nitrogen and oxygen atoms in total. The van der Waals surface area contributed by atoms with Gasteiger partial charge in [0.25, 0.3) is 0 Å². The summed E-state index contributed by atoms with van der Waals surface area (Å²) in [5.41, 5.74) is 0.0178. The van der Waals surface area contributed by atoms with Crippen molar-refractivity contribution in [3.05, 3.63) is 12.2 Å². The molecule has 80 valence electrons. The second-order valence-electron chi connectivity index (χ2n) is 4.58. The molecule has 0 radical (unpaired) electrons. The van der Waals surface area contributed by atoms with Crippen molar-refractivity contribution in [2.24, 2.45) is 11.3 Å². The van der Waals surface area contributed by atoms with E-state index in [-0.39, 0.29) is 11.4 Å². The molecule has 0 bridgehead atoms. The van der Waals surface area contributed by atoms with E-state index in [9.17, 15) is 4.79 Å². The van der Waals surface area contributed by atoms with Gasteiger partial charge in [0.2, 0.25) is 0 Å². The summed E-state index contributed by atoms with van der Waals surface area (Å²) >= 11 is 0. The van der Waals surface area contributed by atoms with Gasteiger partial charge in [0, 0.05) is 0 Å². The van der Waals surface area contributed by atoms with Crippen LogP contribution in [0, 0.1) is 11.3 Å². The Hall–Kier alpha value is -0.790. The molecule has 2 atom stereocenters. The molecule has 14 heavy (non-hydrogen) atoms. The molecule has 0 saturated carbocycles. The predicted molar refractivity (Wildman–Crippen MR) is 56.9 cm³/mol. The zero-order valence-corrected chi connectivity index (χ0v) is 9.38. The number of hydrogen-bond donors (Lipinski definition) is 0. The highest BCUT2D eigenvalue weighted by molar-refractivity contribution is 5.70. The maximum atomic E-state index is 11.4. The first kappa shape index (κ1) is 11.3. The van der Waals surface area contributed by atoms with Crippen molar-refractivity contribution in [2.45, 2.75) is 40.0 Å². The Balaban J connectivity index is 2.53. The van der Waals surface area contributed by atoms with Crippen LogP contribution in [0.2, 0.25) is 0 Å². The molecule has 0 N–H and O–H groups in total. The molecule has 0 aromatic rings. The molecule has 0 amide bonds. The Kier molecular flexibility index (Phi) is 3.73. The second kappa shape index (κ2) is 4.63. The summed E-state index contributed by atoms with van der Waals surface area (Å²) in [5, 5.41) is 0. The van der Waals surface area contributed by atoms with E-state index in [1.54, 1.807) is 0 Å². The number of rotatable bonds is 3. The van der Waals surface area contributed by atoms with E-state index in [1.165, 1.54) is 0 Å². The summed E-state index contributed by atoms with van der Waals surface area (Å²) in [6.45, 7) is 6.69. The van der Waals surface area contributed by atoms with Crippen molar-refractivity contribution in [3.8, 4) is 0 Å². The van der Waals surface area contributed by atoms with Crippen LogP contribution >= 0.6 is 0 Å². The highest BCUT2D eigenvalue weighted by Crippen LogP contribution is 2.36. The standard InChI is InChI=1S/C12H20O2/c1-4-14-11(13)9-12(3)7-5-6-10(2)8-12/h5,7,10H,4,6,8-9H2,1-3H3/t10-,12+/m1/s1. The van der Waals surface area contributed by atoms with Crippen molar-refractivity contribution in [1.29, 1.82) is 0 Å². The Bertz CT molecular complexity index is 232. The molecule has 1 rings (SSSR count). The third-order valence-electron chi connectivity index (χ3n) is 2.73. The van der Waals surface area contributed by atoms with Gasteiger partial charge in [0.15, 0.2) is 0 Å². The maximum Gasteiger partial charge on any atom is 0.306 e. The van der Waals surface area contributed by atoms with Crippen molar-refractivity contribution in [1.82, 2.24) is 0 Å². The van der Waals surface area contributed by atoms with E-state index in [0.717, 1.165) is 12.8 Å². The van der Waals surface area contributed by atoms with E-state index in [4.69, 9.17) is 4.74 Å². The first-order valence-corrected chi connectivity index (χ1v) is 5.39. The van der Waals surface area contributed by atoms with Gasteiger partial charge in [-0.15, -0.1) is 0 Å². The average Bonchev–Trinajstić information content (AvgIpc) is 2.02. The van der Waals surface area contributed by atoms with Crippen LogP contribution in [-0.2, 0) is 9.53 Å². The zero-order valence-electron chi connectivity index (χ0n) is 9.38. The van der Waals surface area contributed by atoms with Crippen LogP contribution in [0.3, 0.4) is 0 Å². The van der Waals surface area contributed by atoms with Gasteiger partial charge >= 0.3 is 5.97 Å². The predicted octanol–water partition coefficient (Wildman–Crippen LogP) is 2.93. The Morgan fingerprint density at radius 2 is 2.36 bits per heavy atom. The number of carbonyl (C=O) groups excluding carboxylic acids is 1. The van der Waals surface area contributed by atoms with Gasteiger partial charge in [0.1, 0.15) is 0 Å². The minimum atomic E-state index is -0.0752. The molecule has 0 fully saturated rings. The minimum absolute atomic E-state index is 0.0178. The molecule has 0 aromatic heterocycles. The van der Waals surface area contributed by atoms with Crippen molar-refractivity contribution >= 4 is 5.97 Å². The molecular formula is C12H20O2. The third kappa shape index (κ3) is 3.17. The first-order chi connectivity index (χ1) is 6.56. The smallest absolute Gasteiger partial charge is 0.306 e. The van der Waals surface area contributed by atoms with E-state index in [0.29, 0.717) is 18.9 Å². The number of carbonyl (C=O) groups is 1. The molecule has 1 aliphatic carbocycles. The second-order valence-corrected chi connectivity index (χ2v) is 4.58. The third-order valence-corrected chi connectivity index (χ3v) is 2.73. The van der Waals surface area contributed by atoms with Gasteiger partial charge in [-0.1, -0.05) is 26.0 Å². The fourth-order valence-corrected chi connectivity index (χ4v) is 2.21. The van der Waals surface area contributed by atoms with E-state index >= 15 is 0 Å². The van der Waals surface area contributed by atoms with Crippen LogP contribution in [0.1, 0.15) is 40.0 Å². The Labute approximate surface area is 86.3 Å². The molecule has 0 aromatic carbocycles. The topological polar surface area (TPSA) is 26.3 Å². The summed E-state index contributed by atoms with van der Waals surface area (Å²) in [6, 6.07) is 0. The monoisotopic (exact) mass is 196 g/mol. The number of esters is 1. The Morgan fingerprint density at radius 3 is 2.93 bits per heavy atom. The molecule has 0 aliphatic heterocycles. The van der Waals surface area contributed by atoms with Gasteiger partial charge in [-0.2, -0.15) is 0 Å². The summed E-state index contributed by atoms with van der Waals surface area (Å²) < 4.78 is 4.97. The van der Waals surface area contributed by atoms with Crippen LogP contribution < -0.4 is 0 Å². The molecule has 0 unspecified atom stereocenters. The minimum Gasteiger partial charge on any atom is -0.466 e. The Morgan fingerprint density at radius 1 is 1.64 bits per heavy atom. The van der Waals surface area contributed by atoms with Crippen LogP contribution in [0.4, 0.5) is 0 Å². The van der Waals surface area contributed by atoms with Gasteiger partial charge < -0.3 is 4.74 Å². The van der Waals surface area contributed by atoms with E-state index in [2.05, 4.69) is 26.0 Å². The van der Waals surface area contributed by atoms with Gasteiger partial charge in [0.05, 0.1) is 13.0 Å². The molecular weight excluding hydrogens is 176 g/mol. The zero-order chi connectivity index (χ0) is 10.6. The van der Waals surface area contributed by atoms with Crippen LogP contribution in [0.15, 0.2) is 12.2 Å². The van der Waals surface area contributed by atoms with Crippen LogP contribution in [0.5, 0.6) is 0 Å². The maximum absolute atomic E-state index is 11.4. The highest BCUT2D eigenvalue weighted by Gasteiger charge is 2.29. The largest absolute Gasteiger partial charge is 0.466 e. The molecule has 0 heterocycles. The lowest BCUT2D eigenvalue weighted by Gasteiger charge is -2.31. The van der Waals surface area contributed by atoms with Crippen molar-refractivity contribution in [2.75, 3.05) is 6.61 Å². The normalized spacial score (nSPS) is 31.5. The fourth-order valence-electron chi connectivity index (χ4n) is 2.21. The highest BCUT2D eigenvalue weighted by atomic mass is 16.5. The SMILES string of the molecule is CCOC(=O)C[C@@]1(C)C=CC[C@@H](C)C1. The van der Waals surface area contributed by atoms with E-state index < -0.39 is 0 Å². The van der Waals surface area contributed by atoms with Gasteiger partial charge in [-0.25, -0.2) is 0 Å². The summed E-state index contributed by atoms with van der Waals surface area (Å²) in [6.07, 6.45) is 7.10. The first-order valence-electron chi connectivity index (χ1n) is 5.39. The molecule has 1 aliphatic rings. The van der Waals surface area contributed by atoms with Crippen LogP contribution in [-0.4, -0.2) is 12.6 Å². The van der Waals surface area contributed by atoms with Gasteiger partial charge in [-0.3, -0.25) is 4.79 Å². The number of allylic oxidation sites excluding steroid dienone is 2. The quantitative estimate of drug-likeness (QED) is 0.512. The van der Waals surface area contributed by atoms with E-state index in [1.807, 2.05) is 6.92 Å². The lowest BCUT2D eigenvalue weighted by Crippen LogP contribution is -2.25. The summed E-state index contributed by atoms with van der Waals surface area (Å²) in [5.74, 6) is 0.605. The summed E-state index contributed by atoms with van der Waals surface area (Å²) in [4.78, 5) is 11.4. The lowest BCUT2D eigenvalue weighted by molar-refractivity contribution is -0.145. The fraction of sp³-hybridized carbons (Fsp3) is 0.750. The van der Waals surface area contributed by atoms with Crippen molar-refractivity contribution in [3.63, 3.8) is 0 Å². The molecule has 0 spiro atoms. The lowest BCUT2D eigenvalue weighted by atomic mass is 9.74. The summed E-state index contributed by atoms with van der Waals surface area (Å²) in [7, 11) is 0. The van der Waals surface area contributed by atoms with Crippen molar-refractivity contribution < 1.29 is 9.53 Å². The molecule has 0 saturated heterocycles. The number of ether oxygens (including phenoxy) is 1. The number of hydrogen-bond acceptors (Lipinski definition) is 2. The molecule has 2 heteroatoms.